The molecule has 5 nitrogen and oxygen atoms in total. The molecule has 0 atom stereocenters. The third-order valence-electron chi connectivity index (χ3n) is 2.88. The second-order valence-corrected chi connectivity index (χ2v) is 5.30. The summed E-state index contributed by atoms with van der Waals surface area (Å²) in [6.07, 6.45) is 0. The average molecular weight is 338 g/mol. The number of hydrogen-bond donors (Lipinski definition) is 2. The SMILES string of the molecule is C/C(=N\Nc1ccc(C(=O)O)cc1)c1cc(Cl)cc(Cl)c1[O-]. The topological polar surface area (TPSA) is 84.8 Å². The summed E-state index contributed by atoms with van der Waals surface area (Å²) in [6.45, 7) is 1.64. The number of nitrogens with zero attached hydrogens (tertiary/aromatic N) is 1. The van der Waals surface area contributed by atoms with Crippen LogP contribution in [-0.4, -0.2) is 16.8 Å². The van der Waals surface area contributed by atoms with E-state index in [1.54, 1.807) is 19.1 Å². The molecule has 114 valence electrons. The van der Waals surface area contributed by atoms with Gasteiger partial charge in [0.25, 0.3) is 0 Å². The molecule has 2 N–H and O–H groups in total. The van der Waals surface area contributed by atoms with Crippen LogP contribution < -0.4 is 10.5 Å². The number of nitrogens with one attached hydrogen (secondary N) is 1. The fraction of sp³-hybridized carbons (Fsp3) is 0.0667. The second kappa shape index (κ2) is 6.68. The third-order valence-corrected chi connectivity index (χ3v) is 3.38. The first-order valence-corrected chi connectivity index (χ1v) is 6.94. The molecule has 0 aliphatic carbocycles. The molecule has 0 amide bonds. The van der Waals surface area contributed by atoms with E-state index in [0.29, 0.717) is 22.0 Å². The molecule has 0 radical (unpaired) electrons. The maximum Gasteiger partial charge on any atom is 0.335 e. The summed E-state index contributed by atoms with van der Waals surface area (Å²) < 4.78 is 0. The fourth-order valence-corrected chi connectivity index (χ4v) is 2.22. The van der Waals surface area contributed by atoms with Crippen molar-refractivity contribution in [2.45, 2.75) is 6.92 Å². The highest BCUT2D eigenvalue weighted by Gasteiger charge is 2.05. The van der Waals surface area contributed by atoms with Crippen molar-refractivity contribution in [3.8, 4) is 5.75 Å². The maximum atomic E-state index is 11.9. The Morgan fingerprint density at radius 1 is 1.23 bits per heavy atom. The smallest absolute Gasteiger partial charge is 0.335 e. The Balaban J connectivity index is 2.21. The van der Waals surface area contributed by atoms with Crippen LogP contribution in [0.4, 0.5) is 5.69 Å². The van der Waals surface area contributed by atoms with Crippen LogP contribution >= 0.6 is 23.2 Å². The number of hydrogen-bond acceptors (Lipinski definition) is 4. The minimum absolute atomic E-state index is 0.0304. The van der Waals surface area contributed by atoms with Crippen molar-refractivity contribution in [2.24, 2.45) is 5.10 Å². The summed E-state index contributed by atoms with van der Waals surface area (Å²) in [7, 11) is 0. The molecule has 2 aromatic carbocycles. The Bertz CT molecular complexity index is 743. The highest BCUT2D eigenvalue weighted by molar-refractivity contribution is 6.36. The van der Waals surface area contributed by atoms with Crippen LogP contribution in [0.2, 0.25) is 10.0 Å². The van der Waals surface area contributed by atoms with Crippen molar-refractivity contribution in [1.29, 1.82) is 0 Å². The molecule has 2 aromatic rings. The lowest BCUT2D eigenvalue weighted by atomic mass is 10.1. The van der Waals surface area contributed by atoms with Crippen molar-refractivity contribution in [3.63, 3.8) is 0 Å². The molecule has 0 aliphatic heterocycles. The molecule has 0 unspecified atom stereocenters. The minimum atomic E-state index is -1.00. The molecular formula is C15H11Cl2N2O3-. The van der Waals surface area contributed by atoms with Crippen LogP contribution in [0.15, 0.2) is 41.5 Å². The highest BCUT2D eigenvalue weighted by atomic mass is 35.5. The fourth-order valence-electron chi connectivity index (χ4n) is 1.73. The Morgan fingerprint density at radius 2 is 1.86 bits per heavy atom. The molecule has 0 saturated heterocycles. The molecule has 0 saturated carbocycles. The molecule has 22 heavy (non-hydrogen) atoms. The summed E-state index contributed by atoms with van der Waals surface area (Å²) >= 11 is 11.7. The Kier molecular flexibility index (Phi) is 4.90. The molecule has 0 aliphatic rings. The number of aromatic carboxylic acids is 1. The molecule has 0 heterocycles. The predicted molar refractivity (Wildman–Crippen MR) is 85.1 cm³/mol. The molecule has 7 heteroatoms. The Hall–Kier alpha value is -2.24. The zero-order valence-electron chi connectivity index (χ0n) is 11.4. The van der Waals surface area contributed by atoms with E-state index in [1.807, 2.05) is 0 Å². The van der Waals surface area contributed by atoms with Gasteiger partial charge in [0.1, 0.15) is 0 Å². The van der Waals surface area contributed by atoms with E-state index in [1.165, 1.54) is 24.3 Å². The van der Waals surface area contributed by atoms with E-state index in [-0.39, 0.29) is 16.3 Å². The number of carboxylic acid groups (broad SMARTS) is 1. The average Bonchev–Trinajstić information content (AvgIpc) is 2.48. The van der Waals surface area contributed by atoms with E-state index in [0.717, 1.165) is 0 Å². The van der Waals surface area contributed by atoms with Crippen molar-refractivity contribution in [1.82, 2.24) is 0 Å². The van der Waals surface area contributed by atoms with Gasteiger partial charge in [0.2, 0.25) is 0 Å². The van der Waals surface area contributed by atoms with E-state index in [9.17, 15) is 9.90 Å². The quantitative estimate of drug-likeness (QED) is 0.659. The van der Waals surface area contributed by atoms with Gasteiger partial charge >= 0.3 is 5.97 Å². The van der Waals surface area contributed by atoms with Crippen LogP contribution in [0.3, 0.4) is 0 Å². The van der Waals surface area contributed by atoms with Gasteiger partial charge in [-0.05, 0) is 48.9 Å². The van der Waals surface area contributed by atoms with Crippen LogP contribution in [0.5, 0.6) is 5.75 Å². The molecule has 2 rings (SSSR count). The first-order valence-electron chi connectivity index (χ1n) is 6.18. The van der Waals surface area contributed by atoms with Crippen LogP contribution in [0.25, 0.3) is 0 Å². The minimum Gasteiger partial charge on any atom is -0.871 e. The number of anilines is 1. The number of carboxylic acids is 1. The van der Waals surface area contributed by atoms with Crippen LogP contribution in [-0.2, 0) is 0 Å². The van der Waals surface area contributed by atoms with Crippen molar-refractivity contribution in [2.75, 3.05) is 5.43 Å². The lowest BCUT2D eigenvalue weighted by Crippen LogP contribution is -2.06. The largest absolute Gasteiger partial charge is 0.871 e. The van der Waals surface area contributed by atoms with Crippen LogP contribution in [0.1, 0.15) is 22.8 Å². The first-order chi connectivity index (χ1) is 10.4. The summed E-state index contributed by atoms with van der Waals surface area (Å²) in [5, 5.41) is 25.2. The summed E-state index contributed by atoms with van der Waals surface area (Å²) in [6, 6.07) is 8.91. The molecule has 0 spiro atoms. The number of carbonyl (C=O) groups is 1. The molecule has 0 aromatic heterocycles. The summed E-state index contributed by atoms with van der Waals surface area (Å²) in [5.41, 5.74) is 4.22. The predicted octanol–water partition coefficient (Wildman–Crippen LogP) is 3.60. The van der Waals surface area contributed by atoms with Gasteiger partial charge < -0.3 is 10.2 Å². The molecular weight excluding hydrogens is 327 g/mol. The van der Waals surface area contributed by atoms with Gasteiger partial charge in [-0.15, -0.1) is 0 Å². The van der Waals surface area contributed by atoms with Gasteiger partial charge in [0, 0.05) is 10.0 Å². The number of benzene rings is 2. The molecule has 0 bridgehead atoms. The second-order valence-electron chi connectivity index (χ2n) is 4.46. The van der Waals surface area contributed by atoms with Gasteiger partial charge in [-0.2, -0.15) is 5.10 Å². The van der Waals surface area contributed by atoms with Crippen molar-refractivity contribution >= 4 is 40.6 Å². The molecule has 0 fully saturated rings. The summed E-state index contributed by atoms with van der Waals surface area (Å²) in [5.74, 6) is -1.36. The Labute approximate surface area is 136 Å². The normalized spacial score (nSPS) is 11.3. The van der Waals surface area contributed by atoms with E-state index >= 15 is 0 Å². The maximum absolute atomic E-state index is 11.9. The third kappa shape index (κ3) is 3.69. The first kappa shape index (κ1) is 16.1. The standard InChI is InChI=1S/C15H12Cl2N2O3/c1-8(12-6-10(16)7-13(17)14(12)20)18-19-11-4-2-9(3-5-11)15(21)22/h2-7,19-20H,1H3,(H,21,22)/p-1/b18-8+. The van der Waals surface area contributed by atoms with Gasteiger partial charge in [-0.3, -0.25) is 5.43 Å². The zero-order valence-corrected chi connectivity index (χ0v) is 12.9. The van der Waals surface area contributed by atoms with Crippen molar-refractivity contribution in [3.05, 3.63) is 57.6 Å². The van der Waals surface area contributed by atoms with E-state index in [4.69, 9.17) is 28.3 Å². The van der Waals surface area contributed by atoms with Crippen molar-refractivity contribution < 1.29 is 15.0 Å². The van der Waals surface area contributed by atoms with Gasteiger partial charge in [-0.1, -0.05) is 29.0 Å². The lowest BCUT2D eigenvalue weighted by Gasteiger charge is -2.15. The van der Waals surface area contributed by atoms with Crippen LogP contribution in [0, 0.1) is 0 Å². The van der Waals surface area contributed by atoms with Gasteiger partial charge in [-0.25, -0.2) is 4.79 Å². The van der Waals surface area contributed by atoms with Gasteiger partial charge in [0.15, 0.2) is 0 Å². The monoisotopic (exact) mass is 337 g/mol. The van der Waals surface area contributed by atoms with E-state index < -0.39 is 5.97 Å². The van der Waals surface area contributed by atoms with Gasteiger partial charge in [0.05, 0.1) is 17.0 Å². The van der Waals surface area contributed by atoms with E-state index in [2.05, 4.69) is 10.5 Å². The zero-order chi connectivity index (χ0) is 16.3. The number of hydrazone groups is 1. The highest BCUT2D eigenvalue weighted by Crippen LogP contribution is 2.29. The number of halogens is 2. The number of rotatable bonds is 4. The summed E-state index contributed by atoms with van der Waals surface area (Å²) in [4.78, 5) is 10.8. The lowest BCUT2D eigenvalue weighted by molar-refractivity contribution is -0.268. The Morgan fingerprint density at radius 3 is 2.45 bits per heavy atom.